The van der Waals surface area contributed by atoms with Gasteiger partial charge in [-0.3, -0.25) is 0 Å². The Morgan fingerprint density at radius 1 is 1.28 bits per heavy atom. The maximum absolute atomic E-state index is 11.7. The number of carbonyl (C=O) groups excluding carboxylic acids is 1. The van der Waals surface area contributed by atoms with E-state index in [1.54, 1.807) is 31.2 Å². The minimum Gasteiger partial charge on any atom is -0.508 e. The van der Waals surface area contributed by atoms with Crippen LogP contribution in [0.3, 0.4) is 0 Å². The molecule has 0 aliphatic rings. The van der Waals surface area contributed by atoms with Crippen LogP contribution in [0.4, 0.5) is 0 Å². The highest BCUT2D eigenvalue weighted by Crippen LogP contribution is 2.13. The number of carbonyl (C=O) groups is 1. The molecule has 0 fully saturated rings. The zero-order valence-corrected chi connectivity index (χ0v) is 10.9. The standard InChI is InChI=1S/C14H20O4/c1-3-9-18-13(14(16)17-4-2)10-11-5-7-12(15)8-6-11/h5-8,13,15H,3-4,9-10H2,1-2H3/t13-/m0/s1. The van der Waals surface area contributed by atoms with Crippen LogP contribution in [-0.4, -0.2) is 30.4 Å². The molecule has 1 N–H and O–H groups in total. The summed E-state index contributed by atoms with van der Waals surface area (Å²) in [4.78, 5) is 11.7. The van der Waals surface area contributed by atoms with E-state index >= 15 is 0 Å². The van der Waals surface area contributed by atoms with Crippen molar-refractivity contribution in [2.24, 2.45) is 0 Å². The molecule has 0 amide bonds. The molecular weight excluding hydrogens is 232 g/mol. The van der Waals surface area contributed by atoms with E-state index < -0.39 is 6.10 Å². The smallest absolute Gasteiger partial charge is 0.335 e. The van der Waals surface area contributed by atoms with E-state index in [2.05, 4.69) is 0 Å². The van der Waals surface area contributed by atoms with Crippen molar-refractivity contribution in [2.45, 2.75) is 32.8 Å². The van der Waals surface area contributed by atoms with Crippen molar-refractivity contribution in [3.63, 3.8) is 0 Å². The fourth-order valence-corrected chi connectivity index (χ4v) is 1.55. The normalized spacial score (nSPS) is 12.1. The molecule has 0 aliphatic heterocycles. The van der Waals surface area contributed by atoms with Crippen LogP contribution < -0.4 is 0 Å². The maximum Gasteiger partial charge on any atom is 0.335 e. The molecule has 1 aromatic carbocycles. The summed E-state index contributed by atoms with van der Waals surface area (Å²) in [6, 6.07) is 6.74. The van der Waals surface area contributed by atoms with Gasteiger partial charge in [-0.1, -0.05) is 19.1 Å². The van der Waals surface area contributed by atoms with Gasteiger partial charge in [0.15, 0.2) is 6.10 Å². The molecule has 4 heteroatoms. The van der Waals surface area contributed by atoms with Crippen LogP contribution in [0.25, 0.3) is 0 Å². The molecule has 0 aliphatic carbocycles. The quantitative estimate of drug-likeness (QED) is 0.756. The summed E-state index contributed by atoms with van der Waals surface area (Å²) in [6.45, 7) is 4.64. The van der Waals surface area contributed by atoms with Crippen LogP contribution in [-0.2, 0) is 20.7 Å². The van der Waals surface area contributed by atoms with Gasteiger partial charge in [-0.2, -0.15) is 0 Å². The number of aromatic hydroxyl groups is 1. The molecule has 0 radical (unpaired) electrons. The monoisotopic (exact) mass is 252 g/mol. The van der Waals surface area contributed by atoms with Gasteiger partial charge >= 0.3 is 5.97 Å². The number of ether oxygens (including phenoxy) is 2. The van der Waals surface area contributed by atoms with Crippen molar-refractivity contribution in [2.75, 3.05) is 13.2 Å². The number of rotatable bonds is 7. The van der Waals surface area contributed by atoms with Gasteiger partial charge in [0, 0.05) is 13.0 Å². The number of esters is 1. The van der Waals surface area contributed by atoms with Crippen molar-refractivity contribution in [3.8, 4) is 5.75 Å². The first-order chi connectivity index (χ1) is 8.67. The molecule has 1 atom stereocenters. The van der Waals surface area contributed by atoms with Crippen LogP contribution in [0, 0.1) is 0 Å². The van der Waals surface area contributed by atoms with Crippen molar-refractivity contribution in [1.82, 2.24) is 0 Å². The first-order valence-electron chi connectivity index (χ1n) is 6.23. The van der Waals surface area contributed by atoms with E-state index in [9.17, 15) is 9.90 Å². The molecule has 18 heavy (non-hydrogen) atoms. The molecule has 1 rings (SSSR count). The Balaban J connectivity index is 2.64. The Bertz CT molecular complexity index is 359. The minimum atomic E-state index is -0.575. The van der Waals surface area contributed by atoms with Crippen molar-refractivity contribution in [3.05, 3.63) is 29.8 Å². The van der Waals surface area contributed by atoms with Gasteiger partial charge in [-0.25, -0.2) is 4.79 Å². The van der Waals surface area contributed by atoms with E-state index in [0.29, 0.717) is 19.6 Å². The molecule has 0 aromatic heterocycles. The minimum absolute atomic E-state index is 0.209. The summed E-state index contributed by atoms with van der Waals surface area (Å²) in [5, 5.41) is 9.20. The molecule has 0 saturated carbocycles. The van der Waals surface area contributed by atoms with Crippen LogP contribution >= 0.6 is 0 Å². The van der Waals surface area contributed by atoms with Gasteiger partial charge in [0.2, 0.25) is 0 Å². The summed E-state index contributed by atoms with van der Waals surface area (Å²) in [7, 11) is 0. The molecule has 0 saturated heterocycles. The van der Waals surface area contributed by atoms with E-state index in [1.165, 1.54) is 0 Å². The second-order valence-corrected chi connectivity index (χ2v) is 3.98. The first kappa shape index (κ1) is 14.5. The Kier molecular flexibility index (Phi) is 6.22. The average Bonchev–Trinajstić information content (AvgIpc) is 2.37. The highest BCUT2D eigenvalue weighted by Gasteiger charge is 2.20. The lowest BCUT2D eigenvalue weighted by molar-refractivity contribution is -0.156. The molecule has 0 unspecified atom stereocenters. The lowest BCUT2D eigenvalue weighted by atomic mass is 10.1. The summed E-state index contributed by atoms with van der Waals surface area (Å²) in [6.07, 6.45) is 0.736. The van der Waals surface area contributed by atoms with Crippen LogP contribution in [0.2, 0.25) is 0 Å². The zero-order valence-electron chi connectivity index (χ0n) is 10.9. The molecular formula is C14H20O4. The third-order valence-electron chi connectivity index (χ3n) is 2.43. The van der Waals surface area contributed by atoms with E-state index in [4.69, 9.17) is 9.47 Å². The van der Waals surface area contributed by atoms with Gasteiger partial charge < -0.3 is 14.6 Å². The Hall–Kier alpha value is -1.55. The average molecular weight is 252 g/mol. The van der Waals surface area contributed by atoms with Crippen LogP contribution in [0.1, 0.15) is 25.8 Å². The predicted molar refractivity (Wildman–Crippen MR) is 68.5 cm³/mol. The highest BCUT2D eigenvalue weighted by molar-refractivity contribution is 5.75. The second-order valence-electron chi connectivity index (χ2n) is 3.98. The molecule has 4 nitrogen and oxygen atoms in total. The van der Waals surface area contributed by atoms with Crippen LogP contribution in [0.15, 0.2) is 24.3 Å². The number of phenols is 1. The number of benzene rings is 1. The van der Waals surface area contributed by atoms with Gasteiger partial charge in [0.25, 0.3) is 0 Å². The molecule has 0 bridgehead atoms. The summed E-state index contributed by atoms with van der Waals surface area (Å²) in [5.74, 6) is -0.125. The van der Waals surface area contributed by atoms with Crippen molar-refractivity contribution in [1.29, 1.82) is 0 Å². The molecule has 100 valence electrons. The van der Waals surface area contributed by atoms with Gasteiger partial charge in [0.1, 0.15) is 5.75 Å². The summed E-state index contributed by atoms with van der Waals surface area (Å²) >= 11 is 0. The molecule has 0 heterocycles. The largest absolute Gasteiger partial charge is 0.508 e. The number of hydrogen-bond donors (Lipinski definition) is 1. The fourth-order valence-electron chi connectivity index (χ4n) is 1.55. The Morgan fingerprint density at radius 2 is 1.94 bits per heavy atom. The lowest BCUT2D eigenvalue weighted by Crippen LogP contribution is -2.29. The third-order valence-corrected chi connectivity index (χ3v) is 2.43. The van der Waals surface area contributed by atoms with E-state index in [0.717, 1.165) is 12.0 Å². The van der Waals surface area contributed by atoms with Crippen molar-refractivity contribution >= 4 is 5.97 Å². The Labute approximate surface area is 108 Å². The van der Waals surface area contributed by atoms with E-state index in [-0.39, 0.29) is 11.7 Å². The first-order valence-corrected chi connectivity index (χ1v) is 6.23. The number of phenolic OH excluding ortho intramolecular Hbond substituents is 1. The second kappa shape index (κ2) is 7.71. The third kappa shape index (κ3) is 4.75. The van der Waals surface area contributed by atoms with Crippen LogP contribution in [0.5, 0.6) is 5.75 Å². The zero-order chi connectivity index (χ0) is 13.4. The van der Waals surface area contributed by atoms with E-state index in [1.807, 2.05) is 6.92 Å². The lowest BCUT2D eigenvalue weighted by Gasteiger charge is -2.16. The van der Waals surface area contributed by atoms with Crippen molar-refractivity contribution < 1.29 is 19.4 Å². The van der Waals surface area contributed by atoms with Gasteiger partial charge in [0.05, 0.1) is 6.61 Å². The fraction of sp³-hybridized carbons (Fsp3) is 0.500. The Morgan fingerprint density at radius 3 is 2.50 bits per heavy atom. The highest BCUT2D eigenvalue weighted by atomic mass is 16.6. The number of hydrogen-bond acceptors (Lipinski definition) is 4. The van der Waals surface area contributed by atoms with Gasteiger partial charge in [-0.15, -0.1) is 0 Å². The summed E-state index contributed by atoms with van der Waals surface area (Å²) in [5.41, 5.74) is 0.932. The topological polar surface area (TPSA) is 55.8 Å². The predicted octanol–water partition coefficient (Wildman–Crippen LogP) is 2.29. The maximum atomic E-state index is 11.7. The SMILES string of the molecule is CCCO[C@@H](Cc1ccc(O)cc1)C(=O)OCC. The molecule has 0 spiro atoms. The molecule has 1 aromatic rings. The van der Waals surface area contributed by atoms with Gasteiger partial charge in [-0.05, 0) is 31.0 Å². The summed E-state index contributed by atoms with van der Waals surface area (Å²) < 4.78 is 10.5.